The molecule has 1 amide bonds. The smallest absolute Gasteiger partial charge is 0.310 e. The van der Waals surface area contributed by atoms with Crippen LogP contribution in [0.1, 0.15) is 28.4 Å². The number of carbonyl (C=O) groups excluding carboxylic acids is 2. The molecule has 0 radical (unpaired) electrons. The van der Waals surface area contributed by atoms with Gasteiger partial charge in [0.15, 0.2) is 11.5 Å². The number of methoxy groups -OCH3 is 1. The van der Waals surface area contributed by atoms with Crippen LogP contribution in [0.25, 0.3) is 0 Å². The Bertz CT molecular complexity index is 848. The highest BCUT2D eigenvalue weighted by Crippen LogP contribution is 2.33. The second-order valence-corrected chi connectivity index (χ2v) is 6.67. The lowest BCUT2D eigenvalue weighted by Gasteiger charge is -2.25. The molecule has 2 aromatic rings. The molecule has 27 heavy (non-hydrogen) atoms. The van der Waals surface area contributed by atoms with Crippen molar-refractivity contribution in [3.05, 3.63) is 59.2 Å². The first-order valence-electron chi connectivity index (χ1n) is 8.80. The molecule has 0 N–H and O–H groups in total. The van der Waals surface area contributed by atoms with Crippen LogP contribution in [-0.2, 0) is 16.1 Å². The van der Waals surface area contributed by atoms with Crippen molar-refractivity contribution in [3.8, 4) is 11.5 Å². The van der Waals surface area contributed by atoms with Gasteiger partial charge in [-0.05, 0) is 36.8 Å². The molecule has 2 aromatic carbocycles. The number of fused-ring (bicyclic) bond motifs is 1. The van der Waals surface area contributed by atoms with Crippen LogP contribution in [-0.4, -0.2) is 37.2 Å². The molecule has 1 aliphatic rings. The Hall–Kier alpha value is -3.02. The van der Waals surface area contributed by atoms with E-state index >= 15 is 0 Å². The first-order chi connectivity index (χ1) is 13.0. The SMILES string of the molecule is COC(=O)C(C)CN(Cc1ccc2c(c1)OCO2)C(=O)c1cccc(C)c1. The lowest BCUT2D eigenvalue weighted by atomic mass is 10.1. The highest BCUT2D eigenvalue weighted by molar-refractivity contribution is 5.94. The van der Waals surface area contributed by atoms with Crippen LogP contribution in [0.2, 0.25) is 0 Å². The first-order valence-corrected chi connectivity index (χ1v) is 8.80. The van der Waals surface area contributed by atoms with Gasteiger partial charge in [0.05, 0.1) is 13.0 Å². The van der Waals surface area contributed by atoms with Gasteiger partial charge in [0.25, 0.3) is 5.91 Å². The summed E-state index contributed by atoms with van der Waals surface area (Å²) in [7, 11) is 1.35. The van der Waals surface area contributed by atoms with Crippen molar-refractivity contribution < 1.29 is 23.8 Å². The Balaban J connectivity index is 1.84. The summed E-state index contributed by atoms with van der Waals surface area (Å²) in [6.45, 7) is 4.50. The Morgan fingerprint density at radius 2 is 1.93 bits per heavy atom. The van der Waals surface area contributed by atoms with Crippen molar-refractivity contribution in [2.24, 2.45) is 5.92 Å². The monoisotopic (exact) mass is 369 g/mol. The fraction of sp³-hybridized carbons (Fsp3) is 0.333. The van der Waals surface area contributed by atoms with E-state index in [9.17, 15) is 9.59 Å². The second kappa shape index (κ2) is 8.12. The van der Waals surface area contributed by atoms with Gasteiger partial charge >= 0.3 is 5.97 Å². The molecule has 1 heterocycles. The van der Waals surface area contributed by atoms with Gasteiger partial charge in [-0.15, -0.1) is 0 Å². The average molecular weight is 369 g/mol. The summed E-state index contributed by atoms with van der Waals surface area (Å²) in [4.78, 5) is 26.6. The highest BCUT2D eigenvalue weighted by atomic mass is 16.7. The number of aryl methyl sites for hydroxylation is 1. The van der Waals surface area contributed by atoms with Crippen LogP contribution in [0.4, 0.5) is 0 Å². The van der Waals surface area contributed by atoms with Gasteiger partial charge in [0.1, 0.15) is 0 Å². The number of rotatable bonds is 6. The zero-order valence-corrected chi connectivity index (χ0v) is 15.7. The quantitative estimate of drug-likeness (QED) is 0.732. The molecule has 6 heteroatoms. The predicted octanol–water partition coefficient (Wildman–Crippen LogP) is 3.18. The number of carbonyl (C=O) groups is 2. The van der Waals surface area contributed by atoms with Gasteiger partial charge in [0.2, 0.25) is 6.79 Å². The molecule has 0 bridgehead atoms. The van der Waals surface area contributed by atoms with Gasteiger partial charge in [-0.2, -0.15) is 0 Å². The summed E-state index contributed by atoms with van der Waals surface area (Å²) in [6, 6.07) is 13.0. The molecular weight excluding hydrogens is 346 g/mol. The van der Waals surface area contributed by atoms with Crippen LogP contribution < -0.4 is 9.47 Å². The summed E-state index contributed by atoms with van der Waals surface area (Å²) in [6.07, 6.45) is 0. The number of amides is 1. The van der Waals surface area contributed by atoms with E-state index in [1.54, 1.807) is 17.9 Å². The summed E-state index contributed by atoms with van der Waals surface area (Å²) < 4.78 is 15.6. The van der Waals surface area contributed by atoms with Crippen LogP contribution in [0.3, 0.4) is 0 Å². The van der Waals surface area contributed by atoms with Crippen molar-refractivity contribution in [2.75, 3.05) is 20.4 Å². The molecule has 1 unspecified atom stereocenters. The molecule has 0 aliphatic carbocycles. The molecule has 0 saturated carbocycles. The van der Waals surface area contributed by atoms with Crippen LogP contribution in [0.5, 0.6) is 11.5 Å². The Labute approximate surface area is 158 Å². The van der Waals surface area contributed by atoms with Crippen LogP contribution >= 0.6 is 0 Å². The summed E-state index contributed by atoms with van der Waals surface area (Å²) >= 11 is 0. The normalized spacial score (nSPS) is 13.1. The lowest BCUT2D eigenvalue weighted by molar-refractivity contribution is -0.145. The maximum Gasteiger partial charge on any atom is 0.310 e. The first kappa shape index (κ1) is 18.8. The van der Waals surface area contributed by atoms with E-state index in [2.05, 4.69) is 0 Å². The molecule has 1 atom stereocenters. The number of benzene rings is 2. The molecule has 6 nitrogen and oxygen atoms in total. The molecule has 0 saturated heterocycles. The van der Waals surface area contributed by atoms with Crippen LogP contribution in [0, 0.1) is 12.8 Å². The van der Waals surface area contributed by atoms with Crippen molar-refractivity contribution in [1.82, 2.24) is 4.90 Å². The van der Waals surface area contributed by atoms with E-state index in [4.69, 9.17) is 14.2 Å². The van der Waals surface area contributed by atoms with Crippen molar-refractivity contribution in [3.63, 3.8) is 0 Å². The van der Waals surface area contributed by atoms with E-state index in [0.717, 1.165) is 11.1 Å². The second-order valence-electron chi connectivity index (χ2n) is 6.67. The predicted molar refractivity (Wildman–Crippen MR) is 99.7 cm³/mol. The Morgan fingerprint density at radius 3 is 2.67 bits per heavy atom. The standard InChI is InChI=1S/C21H23NO5/c1-14-5-4-6-17(9-14)20(23)22(11-15(2)21(24)25-3)12-16-7-8-18-19(10-16)27-13-26-18/h4-10,15H,11-13H2,1-3H3. The third-order valence-electron chi connectivity index (χ3n) is 4.46. The third kappa shape index (κ3) is 4.39. The van der Waals surface area contributed by atoms with Crippen molar-refractivity contribution in [2.45, 2.75) is 20.4 Å². The zero-order chi connectivity index (χ0) is 19.4. The van der Waals surface area contributed by atoms with Crippen molar-refractivity contribution >= 4 is 11.9 Å². The molecule has 1 aliphatic heterocycles. The summed E-state index contributed by atoms with van der Waals surface area (Å²) in [5.41, 5.74) is 2.50. The average Bonchev–Trinajstić information content (AvgIpc) is 3.14. The molecular formula is C21H23NO5. The molecule has 0 fully saturated rings. The minimum atomic E-state index is -0.433. The van der Waals surface area contributed by atoms with E-state index < -0.39 is 5.92 Å². The van der Waals surface area contributed by atoms with Gasteiger partial charge in [-0.1, -0.05) is 30.7 Å². The Morgan fingerprint density at radius 1 is 1.15 bits per heavy atom. The van der Waals surface area contributed by atoms with Crippen molar-refractivity contribution in [1.29, 1.82) is 0 Å². The van der Waals surface area contributed by atoms with E-state index in [1.165, 1.54) is 7.11 Å². The van der Waals surface area contributed by atoms with Gasteiger partial charge in [-0.3, -0.25) is 9.59 Å². The number of ether oxygens (including phenoxy) is 3. The molecule has 142 valence electrons. The molecule has 3 rings (SSSR count). The summed E-state index contributed by atoms with van der Waals surface area (Å²) in [5, 5.41) is 0. The summed E-state index contributed by atoms with van der Waals surface area (Å²) in [5.74, 6) is 0.447. The zero-order valence-electron chi connectivity index (χ0n) is 15.7. The van der Waals surface area contributed by atoms with Gasteiger partial charge < -0.3 is 19.1 Å². The van der Waals surface area contributed by atoms with E-state index in [-0.39, 0.29) is 25.2 Å². The lowest BCUT2D eigenvalue weighted by Crippen LogP contribution is -2.36. The number of nitrogens with zero attached hydrogens (tertiary/aromatic N) is 1. The Kier molecular flexibility index (Phi) is 5.64. The largest absolute Gasteiger partial charge is 0.469 e. The third-order valence-corrected chi connectivity index (χ3v) is 4.46. The maximum atomic E-state index is 13.1. The van der Waals surface area contributed by atoms with Gasteiger partial charge in [-0.25, -0.2) is 0 Å². The molecule has 0 aromatic heterocycles. The highest BCUT2D eigenvalue weighted by Gasteiger charge is 2.24. The van der Waals surface area contributed by atoms with E-state index in [0.29, 0.717) is 23.6 Å². The molecule has 0 spiro atoms. The van der Waals surface area contributed by atoms with Gasteiger partial charge in [0, 0.05) is 18.7 Å². The maximum absolute atomic E-state index is 13.1. The van der Waals surface area contributed by atoms with Crippen LogP contribution in [0.15, 0.2) is 42.5 Å². The topological polar surface area (TPSA) is 65.1 Å². The number of hydrogen-bond donors (Lipinski definition) is 0. The minimum Gasteiger partial charge on any atom is -0.469 e. The minimum absolute atomic E-state index is 0.132. The fourth-order valence-electron chi connectivity index (χ4n) is 3.05. The number of hydrogen-bond acceptors (Lipinski definition) is 5. The fourth-order valence-corrected chi connectivity index (χ4v) is 3.05. The number of esters is 1. The van der Waals surface area contributed by atoms with E-state index in [1.807, 2.05) is 43.3 Å².